The van der Waals surface area contributed by atoms with Crippen LogP contribution in [0.2, 0.25) is 0 Å². The normalized spacial score (nSPS) is 15.2. The molecule has 0 atom stereocenters. The third kappa shape index (κ3) is 5.55. The van der Waals surface area contributed by atoms with E-state index >= 15 is 0 Å². The summed E-state index contributed by atoms with van der Waals surface area (Å²) in [7, 11) is 0.336. The molecular weight excluding hydrogens is 418 g/mol. The van der Waals surface area contributed by atoms with Crippen molar-refractivity contribution in [3.05, 3.63) is 54.1 Å². The number of likely N-dealkylation sites (N-methyl/N-ethyl adjacent to an activating group) is 1. The Hall–Kier alpha value is -2.62. The van der Waals surface area contributed by atoms with Crippen molar-refractivity contribution in [2.24, 2.45) is 0 Å². The highest BCUT2D eigenvalue weighted by Gasteiger charge is 2.29. The van der Waals surface area contributed by atoms with Crippen LogP contribution in [0.4, 0.5) is 0 Å². The molecule has 9 heteroatoms. The Morgan fingerprint density at radius 2 is 1.68 bits per heavy atom. The Morgan fingerprint density at radius 3 is 2.29 bits per heavy atom. The van der Waals surface area contributed by atoms with Gasteiger partial charge in [0.1, 0.15) is 16.4 Å². The van der Waals surface area contributed by atoms with Crippen LogP contribution in [0.25, 0.3) is 0 Å². The van der Waals surface area contributed by atoms with E-state index in [0.29, 0.717) is 18.8 Å². The molecular formula is C22H29N3O5S. The molecule has 2 aromatic rings. The van der Waals surface area contributed by atoms with E-state index < -0.39 is 10.0 Å². The summed E-state index contributed by atoms with van der Waals surface area (Å²) in [5, 5.41) is 0. The van der Waals surface area contributed by atoms with Gasteiger partial charge in [0.25, 0.3) is 0 Å². The first-order chi connectivity index (χ1) is 14.8. The van der Waals surface area contributed by atoms with Crippen molar-refractivity contribution in [3.63, 3.8) is 0 Å². The molecule has 0 saturated carbocycles. The van der Waals surface area contributed by atoms with Crippen LogP contribution in [0.3, 0.4) is 0 Å². The van der Waals surface area contributed by atoms with Crippen LogP contribution >= 0.6 is 0 Å². The summed E-state index contributed by atoms with van der Waals surface area (Å²) in [5.74, 6) is 0.385. The molecule has 168 valence electrons. The number of hydrogen-bond acceptors (Lipinski definition) is 6. The topological polar surface area (TPSA) is 79.4 Å². The third-order valence-corrected chi connectivity index (χ3v) is 7.22. The van der Waals surface area contributed by atoms with Gasteiger partial charge in [-0.25, -0.2) is 8.42 Å². The van der Waals surface area contributed by atoms with Crippen LogP contribution in [-0.2, 0) is 21.4 Å². The molecule has 3 rings (SSSR count). The average molecular weight is 448 g/mol. The highest BCUT2D eigenvalue weighted by Crippen LogP contribution is 2.30. The zero-order valence-corrected chi connectivity index (χ0v) is 19.0. The highest BCUT2D eigenvalue weighted by atomic mass is 32.2. The number of hydrogen-bond donors (Lipinski definition) is 0. The predicted molar refractivity (Wildman–Crippen MR) is 118 cm³/mol. The zero-order chi connectivity index (χ0) is 22.4. The van der Waals surface area contributed by atoms with Crippen LogP contribution in [0.15, 0.2) is 53.4 Å². The minimum absolute atomic E-state index is 0.0302. The van der Waals surface area contributed by atoms with Gasteiger partial charge in [-0.3, -0.25) is 9.69 Å². The van der Waals surface area contributed by atoms with E-state index in [9.17, 15) is 13.2 Å². The van der Waals surface area contributed by atoms with Crippen molar-refractivity contribution in [1.29, 1.82) is 0 Å². The van der Waals surface area contributed by atoms with Crippen LogP contribution in [-0.4, -0.2) is 82.4 Å². The molecule has 1 aliphatic heterocycles. The molecule has 1 aliphatic rings. The van der Waals surface area contributed by atoms with Crippen molar-refractivity contribution in [2.45, 2.75) is 11.4 Å². The van der Waals surface area contributed by atoms with E-state index in [-0.39, 0.29) is 23.1 Å². The summed E-state index contributed by atoms with van der Waals surface area (Å²) in [6, 6.07) is 14.8. The Morgan fingerprint density at radius 1 is 1.00 bits per heavy atom. The van der Waals surface area contributed by atoms with Gasteiger partial charge in [0.2, 0.25) is 15.9 Å². The summed E-state index contributed by atoms with van der Waals surface area (Å²) < 4.78 is 37.5. The van der Waals surface area contributed by atoms with Gasteiger partial charge in [0.05, 0.1) is 20.8 Å². The summed E-state index contributed by atoms with van der Waals surface area (Å²) in [6.07, 6.45) is 0. The zero-order valence-electron chi connectivity index (χ0n) is 18.2. The van der Waals surface area contributed by atoms with E-state index in [1.54, 1.807) is 11.0 Å². The first-order valence-electron chi connectivity index (χ1n) is 10.1. The van der Waals surface area contributed by atoms with Gasteiger partial charge in [-0.15, -0.1) is 0 Å². The number of nitrogens with zero attached hydrogens (tertiary/aromatic N) is 3. The average Bonchev–Trinajstić information content (AvgIpc) is 2.79. The lowest BCUT2D eigenvalue weighted by Crippen LogP contribution is -2.51. The maximum atomic E-state index is 13.1. The minimum Gasteiger partial charge on any atom is -0.497 e. The SMILES string of the molecule is COc1ccc(OC)c(S(=O)(=O)N(C)CC(=O)N2CCN(Cc3ccccc3)CC2)c1. The van der Waals surface area contributed by atoms with E-state index in [0.717, 1.165) is 23.9 Å². The van der Waals surface area contributed by atoms with E-state index in [2.05, 4.69) is 17.0 Å². The van der Waals surface area contributed by atoms with Gasteiger partial charge in [-0.1, -0.05) is 30.3 Å². The fraction of sp³-hybridized carbons (Fsp3) is 0.409. The van der Waals surface area contributed by atoms with Crippen molar-refractivity contribution < 1.29 is 22.7 Å². The van der Waals surface area contributed by atoms with E-state index in [1.807, 2.05) is 18.2 Å². The fourth-order valence-corrected chi connectivity index (χ4v) is 4.81. The monoisotopic (exact) mass is 447 g/mol. The molecule has 2 aromatic carbocycles. The summed E-state index contributed by atoms with van der Waals surface area (Å²) >= 11 is 0. The van der Waals surface area contributed by atoms with Crippen molar-refractivity contribution in [2.75, 3.05) is 54.0 Å². The molecule has 0 bridgehead atoms. The van der Waals surface area contributed by atoms with Gasteiger partial charge in [-0.05, 0) is 17.7 Å². The molecule has 1 heterocycles. The number of methoxy groups -OCH3 is 2. The third-order valence-electron chi connectivity index (χ3n) is 5.39. The van der Waals surface area contributed by atoms with Gasteiger partial charge < -0.3 is 14.4 Å². The van der Waals surface area contributed by atoms with E-state index in [4.69, 9.17) is 9.47 Å². The van der Waals surface area contributed by atoms with Gasteiger partial charge >= 0.3 is 0 Å². The number of ether oxygens (including phenoxy) is 2. The first-order valence-corrected chi connectivity index (χ1v) is 11.5. The number of carbonyl (C=O) groups is 1. The Bertz CT molecular complexity index is 989. The maximum Gasteiger partial charge on any atom is 0.247 e. The number of sulfonamides is 1. The molecule has 0 radical (unpaired) electrons. The fourth-order valence-electron chi connectivity index (χ4n) is 3.53. The second kappa shape index (κ2) is 10.1. The smallest absolute Gasteiger partial charge is 0.247 e. The quantitative estimate of drug-likeness (QED) is 0.613. The second-order valence-corrected chi connectivity index (χ2v) is 9.43. The van der Waals surface area contributed by atoms with Crippen LogP contribution in [0.1, 0.15) is 5.56 Å². The molecule has 31 heavy (non-hydrogen) atoms. The number of carbonyl (C=O) groups excluding carboxylic acids is 1. The number of amides is 1. The summed E-state index contributed by atoms with van der Waals surface area (Å²) in [5.41, 5.74) is 1.24. The lowest BCUT2D eigenvalue weighted by Gasteiger charge is -2.35. The molecule has 8 nitrogen and oxygen atoms in total. The Kier molecular flexibility index (Phi) is 7.53. The highest BCUT2D eigenvalue weighted by molar-refractivity contribution is 7.89. The Balaban J connectivity index is 1.60. The van der Waals surface area contributed by atoms with Crippen LogP contribution in [0, 0.1) is 0 Å². The molecule has 1 amide bonds. The van der Waals surface area contributed by atoms with Crippen molar-refractivity contribution >= 4 is 15.9 Å². The first kappa shape index (κ1) is 23.1. The number of piperazine rings is 1. The molecule has 1 fully saturated rings. The molecule has 0 spiro atoms. The largest absolute Gasteiger partial charge is 0.497 e. The van der Waals surface area contributed by atoms with Gasteiger partial charge in [0, 0.05) is 45.8 Å². The van der Waals surface area contributed by atoms with Crippen molar-refractivity contribution in [1.82, 2.24) is 14.1 Å². The lowest BCUT2D eigenvalue weighted by atomic mass is 10.2. The molecule has 0 unspecified atom stereocenters. The maximum absolute atomic E-state index is 13.1. The molecule has 0 aliphatic carbocycles. The summed E-state index contributed by atoms with van der Waals surface area (Å²) in [4.78, 5) is 16.8. The van der Waals surface area contributed by atoms with Crippen molar-refractivity contribution in [3.8, 4) is 11.5 Å². The number of rotatable bonds is 8. The minimum atomic E-state index is -3.93. The van der Waals surface area contributed by atoms with Gasteiger partial charge in [-0.2, -0.15) is 4.31 Å². The van der Waals surface area contributed by atoms with Crippen LogP contribution < -0.4 is 9.47 Å². The standard InChI is InChI=1S/C22H29N3O5S/c1-23(31(27,28)21-15-19(29-2)9-10-20(21)30-3)17-22(26)25-13-11-24(12-14-25)16-18-7-5-4-6-8-18/h4-10,15H,11-14,16-17H2,1-3H3. The van der Waals surface area contributed by atoms with Gasteiger partial charge in [0.15, 0.2) is 0 Å². The molecule has 1 saturated heterocycles. The second-order valence-electron chi connectivity index (χ2n) is 7.42. The lowest BCUT2D eigenvalue weighted by molar-refractivity contribution is -0.133. The summed E-state index contributed by atoms with van der Waals surface area (Å²) in [6.45, 7) is 3.25. The predicted octanol–water partition coefficient (Wildman–Crippen LogP) is 1.67. The van der Waals surface area contributed by atoms with Crippen LogP contribution in [0.5, 0.6) is 11.5 Å². The van der Waals surface area contributed by atoms with E-state index in [1.165, 1.54) is 39.0 Å². The molecule has 0 N–H and O–H groups in total. The Labute approximate surface area is 184 Å². The number of benzene rings is 2. The molecule has 0 aromatic heterocycles.